The molecule has 1 saturated heterocycles. The molecule has 0 bridgehead atoms. The summed E-state index contributed by atoms with van der Waals surface area (Å²) < 4.78 is 12.1. The maximum absolute atomic E-state index is 6.07. The van der Waals surface area contributed by atoms with Crippen molar-refractivity contribution in [2.24, 2.45) is 0 Å². The fraction of sp³-hybridized carbons (Fsp3) is 0.467. The van der Waals surface area contributed by atoms with Gasteiger partial charge in [0.25, 0.3) is 0 Å². The molecule has 6 nitrogen and oxygen atoms in total. The third-order valence-electron chi connectivity index (χ3n) is 4.50. The number of aromatic nitrogens is 2. The fourth-order valence-corrected chi connectivity index (χ4v) is 2.48. The maximum Gasteiger partial charge on any atom is 0.494 e. The summed E-state index contributed by atoms with van der Waals surface area (Å²) >= 11 is 0. The Morgan fingerprint density at radius 1 is 1.09 bits per heavy atom. The van der Waals surface area contributed by atoms with Gasteiger partial charge in [0.15, 0.2) is 0 Å². The smallest absolute Gasteiger partial charge is 0.399 e. The van der Waals surface area contributed by atoms with Crippen LogP contribution in [0.15, 0.2) is 18.2 Å². The minimum Gasteiger partial charge on any atom is -0.399 e. The van der Waals surface area contributed by atoms with Gasteiger partial charge in [-0.3, -0.25) is 0 Å². The van der Waals surface area contributed by atoms with E-state index in [0.717, 1.165) is 16.4 Å². The van der Waals surface area contributed by atoms with E-state index in [1.165, 1.54) is 0 Å². The molecule has 0 atom stereocenters. The van der Waals surface area contributed by atoms with Crippen LogP contribution in [0.5, 0.6) is 0 Å². The van der Waals surface area contributed by atoms with E-state index in [-0.39, 0.29) is 17.2 Å². The molecule has 2 heterocycles. The lowest BCUT2D eigenvalue weighted by Gasteiger charge is -2.32. The minimum atomic E-state index is -0.413. The number of anilines is 2. The predicted octanol–water partition coefficient (Wildman–Crippen LogP) is 1.55. The number of fused-ring (bicyclic) bond motifs is 1. The zero-order valence-electron chi connectivity index (χ0n) is 13.6. The molecule has 0 amide bonds. The Balaban J connectivity index is 2.04. The second-order valence-electron chi connectivity index (χ2n) is 6.55. The molecule has 3 rings (SSSR count). The van der Waals surface area contributed by atoms with Crippen molar-refractivity contribution < 1.29 is 9.31 Å². The van der Waals surface area contributed by atoms with Gasteiger partial charge in [-0.25, -0.2) is 4.98 Å². The van der Waals surface area contributed by atoms with E-state index >= 15 is 0 Å². The monoisotopic (exact) mass is 300 g/mol. The summed E-state index contributed by atoms with van der Waals surface area (Å²) in [6.07, 6.45) is 0. The number of hydrogen-bond acceptors (Lipinski definition) is 6. The van der Waals surface area contributed by atoms with E-state index in [1.54, 1.807) is 0 Å². The van der Waals surface area contributed by atoms with Crippen LogP contribution in [0.3, 0.4) is 0 Å². The molecule has 3 N–H and O–H groups in total. The van der Waals surface area contributed by atoms with Crippen molar-refractivity contribution in [2.45, 2.75) is 38.9 Å². The first-order valence-corrected chi connectivity index (χ1v) is 7.34. The Morgan fingerprint density at radius 2 is 1.73 bits per heavy atom. The van der Waals surface area contributed by atoms with E-state index in [4.69, 9.17) is 15.0 Å². The minimum absolute atomic E-state index is 0.239. The van der Waals surface area contributed by atoms with Crippen LogP contribution < -0.4 is 16.5 Å². The molecule has 1 fully saturated rings. The van der Waals surface area contributed by atoms with Crippen molar-refractivity contribution >= 4 is 35.3 Å². The van der Waals surface area contributed by atoms with Gasteiger partial charge in [0.2, 0.25) is 5.95 Å². The van der Waals surface area contributed by atoms with Crippen LogP contribution >= 0.6 is 0 Å². The van der Waals surface area contributed by atoms with Crippen molar-refractivity contribution in [3.8, 4) is 0 Å². The Bertz CT molecular complexity index is 717. The topological polar surface area (TPSA) is 82.3 Å². The molecule has 1 aliphatic heterocycles. The van der Waals surface area contributed by atoms with Crippen molar-refractivity contribution in [2.75, 3.05) is 18.1 Å². The largest absolute Gasteiger partial charge is 0.494 e. The standard InChI is InChI=1S/C15H21BN4O2/c1-14(2)15(3,4)22-16(21-14)9-6-7-10-11(8-9)19-13(17)20-12(10)18-5/h6-8H,1-5H3,(H3,17,18,19,20). The van der Waals surface area contributed by atoms with E-state index in [9.17, 15) is 0 Å². The van der Waals surface area contributed by atoms with E-state index in [0.29, 0.717) is 5.82 Å². The normalized spacial score (nSPS) is 19.6. The summed E-state index contributed by atoms with van der Waals surface area (Å²) in [5.41, 5.74) is 6.72. The summed E-state index contributed by atoms with van der Waals surface area (Å²) in [5.74, 6) is 0.950. The van der Waals surface area contributed by atoms with Crippen molar-refractivity contribution in [3.63, 3.8) is 0 Å². The average molecular weight is 300 g/mol. The molecule has 1 aromatic carbocycles. The van der Waals surface area contributed by atoms with Crippen LogP contribution in [0.25, 0.3) is 10.9 Å². The van der Waals surface area contributed by atoms with Gasteiger partial charge < -0.3 is 20.4 Å². The van der Waals surface area contributed by atoms with Gasteiger partial charge in [-0.05, 0) is 45.3 Å². The van der Waals surface area contributed by atoms with Crippen LogP contribution in [0.4, 0.5) is 11.8 Å². The van der Waals surface area contributed by atoms with Gasteiger partial charge in [0, 0.05) is 12.4 Å². The van der Waals surface area contributed by atoms with Crippen LogP contribution in [-0.4, -0.2) is 35.3 Å². The second-order valence-corrected chi connectivity index (χ2v) is 6.55. The molecule has 0 saturated carbocycles. The highest BCUT2D eigenvalue weighted by molar-refractivity contribution is 6.62. The Labute approximate surface area is 130 Å². The molecule has 116 valence electrons. The quantitative estimate of drug-likeness (QED) is 0.819. The first kappa shape index (κ1) is 15.1. The van der Waals surface area contributed by atoms with Gasteiger partial charge in [0.05, 0.1) is 16.7 Å². The van der Waals surface area contributed by atoms with E-state index in [2.05, 4.69) is 15.3 Å². The number of nitrogens with two attached hydrogens (primary N) is 1. The van der Waals surface area contributed by atoms with Gasteiger partial charge in [-0.2, -0.15) is 4.98 Å². The fourth-order valence-electron chi connectivity index (χ4n) is 2.48. The lowest BCUT2D eigenvalue weighted by molar-refractivity contribution is 0.00578. The first-order chi connectivity index (χ1) is 10.2. The summed E-state index contributed by atoms with van der Waals surface area (Å²) in [6, 6.07) is 5.88. The van der Waals surface area contributed by atoms with Crippen LogP contribution in [0.1, 0.15) is 27.7 Å². The highest BCUT2D eigenvalue weighted by Crippen LogP contribution is 2.36. The number of nitrogens with zero attached hydrogens (tertiary/aromatic N) is 2. The molecule has 0 unspecified atom stereocenters. The molecule has 1 aromatic heterocycles. The summed E-state index contributed by atoms with van der Waals surface area (Å²) in [7, 11) is 1.40. The maximum atomic E-state index is 6.07. The lowest BCUT2D eigenvalue weighted by Crippen LogP contribution is -2.41. The van der Waals surface area contributed by atoms with Gasteiger partial charge in [-0.1, -0.05) is 6.07 Å². The van der Waals surface area contributed by atoms with Gasteiger partial charge >= 0.3 is 7.12 Å². The lowest BCUT2D eigenvalue weighted by atomic mass is 9.79. The predicted molar refractivity (Wildman–Crippen MR) is 89.2 cm³/mol. The summed E-state index contributed by atoms with van der Waals surface area (Å²) in [6.45, 7) is 8.14. The molecule has 0 aliphatic carbocycles. The van der Waals surface area contributed by atoms with Crippen LogP contribution in [-0.2, 0) is 9.31 Å². The van der Waals surface area contributed by atoms with Gasteiger partial charge in [-0.15, -0.1) is 0 Å². The Morgan fingerprint density at radius 3 is 2.32 bits per heavy atom. The van der Waals surface area contributed by atoms with Crippen molar-refractivity contribution in [3.05, 3.63) is 18.2 Å². The second kappa shape index (κ2) is 4.82. The molecule has 2 aromatic rings. The van der Waals surface area contributed by atoms with E-state index in [1.807, 2.05) is 52.9 Å². The summed E-state index contributed by atoms with van der Waals surface area (Å²) in [5, 5.41) is 3.95. The van der Waals surface area contributed by atoms with Gasteiger partial charge in [0.1, 0.15) is 5.82 Å². The van der Waals surface area contributed by atoms with E-state index < -0.39 is 7.12 Å². The third-order valence-corrected chi connectivity index (χ3v) is 4.50. The van der Waals surface area contributed by atoms with Crippen molar-refractivity contribution in [1.82, 2.24) is 9.97 Å². The molecule has 0 radical (unpaired) electrons. The molecule has 22 heavy (non-hydrogen) atoms. The van der Waals surface area contributed by atoms with Crippen LogP contribution in [0, 0.1) is 0 Å². The SMILES string of the molecule is CNc1nc(N)nc2cc(B3OC(C)(C)C(C)(C)O3)ccc12. The summed E-state index contributed by atoms with van der Waals surface area (Å²) in [4.78, 5) is 8.49. The number of benzene rings is 1. The molecular formula is C15H21BN4O2. The molecule has 0 spiro atoms. The Kier molecular flexibility index (Phi) is 3.30. The highest BCUT2D eigenvalue weighted by Gasteiger charge is 2.51. The zero-order chi connectivity index (χ0) is 16.1. The highest BCUT2D eigenvalue weighted by atomic mass is 16.7. The number of nitrogens with one attached hydrogen (secondary N) is 1. The number of nitrogen functional groups attached to an aromatic ring is 1. The van der Waals surface area contributed by atoms with Crippen molar-refractivity contribution in [1.29, 1.82) is 0 Å². The Hall–Kier alpha value is -1.86. The van der Waals surface area contributed by atoms with Crippen LogP contribution in [0.2, 0.25) is 0 Å². The number of rotatable bonds is 2. The number of hydrogen-bond donors (Lipinski definition) is 2. The zero-order valence-corrected chi connectivity index (χ0v) is 13.6. The third kappa shape index (κ3) is 2.30. The molecule has 1 aliphatic rings. The molecule has 7 heteroatoms. The first-order valence-electron chi connectivity index (χ1n) is 7.34. The average Bonchev–Trinajstić information content (AvgIpc) is 2.65. The molecular weight excluding hydrogens is 279 g/mol.